The van der Waals surface area contributed by atoms with Gasteiger partial charge in [0.05, 0.1) is 24.0 Å². The van der Waals surface area contributed by atoms with E-state index in [0.717, 1.165) is 16.8 Å². The van der Waals surface area contributed by atoms with E-state index < -0.39 is 6.10 Å². The summed E-state index contributed by atoms with van der Waals surface area (Å²) in [5.41, 5.74) is 3.23. The lowest BCUT2D eigenvalue weighted by molar-refractivity contribution is 0.0852. The number of aliphatic hydroxyl groups is 1. The number of hydrogen-bond acceptors (Lipinski definition) is 4. The summed E-state index contributed by atoms with van der Waals surface area (Å²) in [4.78, 5) is 20.7. The third kappa shape index (κ3) is 4.52. The van der Waals surface area contributed by atoms with E-state index in [2.05, 4.69) is 15.3 Å². The van der Waals surface area contributed by atoms with Crippen LogP contribution in [0.1, 0.15) is 22.8 Å². The van der Waals surface area contributed by atoms with Crippen LogP contribution in [0.4, 0.5) is 0 Å². The first kappa shape index (κ1) is 17.8. The monoisotopic (exact) mass is 347 g/mol. The number of rotatable bonds is 6. The highest BCUT2D eigenvalue weighted by molar-refractivity contribution is 5.94. The summed E-state index contributed by atoms with van der Waals surface area (Å²) in [7, 11) is 0. The summed E-state index contributed by atoms with van der Waals surface area (Å²) < 4.78 is 0. The molecular weight excluding hydrogens is 326 g/mol. The Morgan fingerprint density at radius 3 is 2.46 bits per heavy atom. The normalized spacial score (nSPS) is 13.0. The van der Waals surface area contributed by atoms with Gasteiger partial charge in [0.2, 0.25) is 0 Å². The zero-order chi connectivity index (χ0) is 18.4. The lowest BCUT2D eigenvalue weighted by Crippen LogP contribution is -2.42. The van der Waals surface area contributed by atoms with Gasteiger partial charge >= 0.3 is 0 Å². The summed E-state index contributed by atoms with van der Waals surface area (Å²) >= 11 is 0. The van der Waals surface area contributed by atoms with Gasteiger partial charge in [0.25, 0.3) is 5.91 Å². The Morgan fingerprint density at radius 2 is 1.81 bits per heavy atom. The van der Waals surface area contributed by atoms with Gasteiger partial charge in [-0.25, -0.2) is 0 Å². The summed E-state index contributed by atoms with van der Waals surface area (Å²) in [6, 6.07) is 16.5. The maximum absolute atomic E-state index is 12.4. The molecule has 0 saturated carbocycles. The number of aliphatic hydroxyl groups excluding tert-OH is 1. The number of carbonyl (C=O) groups excluding carboxylic acids is 1. The first-order chi connectivity index (χ1) is 12.6. The highest BCUT2D eigenvalue weighted by Crippen LogP contribution is 2.16. The van der Waals surface area contributed by atoms with Gasteiger partial charge in [-0.2, -0.15) is 0 Å². The molecule has 0 fully saturated rings. The molecule has 3 rings (SSSR count). The number of amides is 1. The molecule has 0 aliphatic heterocycles. The Morgan fingerprint density at radius 1 is 1.08 bits per heavy atom. The predicted molar refractivity (Wildman–Crippen MR) is 101 cm³/mol. The molecular formula is C21H21N3O2. The molecule has 2 N–H and O–H groups in total. The van der Waals surface area contributed by atoms with Crippen molar-refractivity contribution < 1.29 is 9.90 Å². The second kappa shape index (κ2) is 8.36. The van der Waals surface area contributed by atoms with Crippen molar-refractivity contribution in [1.29, 1.82) is 0 Å². The Labute approximate surface area is 152 Å². The predicted octanol–water partition coefficient (Wildman–Crippen LogP) is 2.87. The third-order valence-electron chi connectivity index (χ3n) is 4.23. The first-order valence-corrected chi connectivity index (χ1v) is 8.53. The van der Waals surface area contributed by atoms with Crippen molar-refractivity contribution in [3.63, 3.8) is 0 Å². The van der Waals surface area contributed by atoms with E-state index in [1.54, 1.807) is 37.6 Å². The van der Waals surface area contributed by atoms with Gasteiger partial charge in [-0.3, -0.25) is 14.8 Å². The van der Waals surface area contributed by atoms with E-state index >= 15 is 0 Å². The molecule has 1 aromatic heterocycles. The molecule has 0 aliphatic carbocycles. The van der Waals surface area contributed by atoms with Gasteiger partial charge in [-0.05, 0) is 24.6 Å². The van der Waals surface area contributed by atoms with Crippen LogP contribution in [0.3, 0.4) is 0 Å². The summed E-state index contributed by atoms with van der Waals surface area (Å²) in [6.45, 7) is 1.80. The SMILES string of the molecule is C[C@H](NC(=O)c1ccc(-c2cnccn2)cc1)[C@H](O)Cc1ccccc1. The van der Waals surface area contributed by atoms with Gasteiger partial charge in [0.15, 0.2) is 0 Å². The van der Waals surface area contributed by atoms with Crippen molar-refractivity contribution in [2.45, 2.75) is 25.5 Å². The van der Waals surface area contributed by atoms with Gasteiger partial charge < -0.3 is 10.4 Å². The lowest BCUT2D eigenvalue weighted by Gasteiger charge is -2.20. The minimum absolute atomic E-state index is 0.213. The Hall–Kier alpha value is -3.05. The maximum Gasteiger partial charge on any atom is 0.251 e. The number of aromatic nitrogens is 2. The van der Waals surface area contributed by atoms with Crippen LogP contribution >= 0.6 is 0 Å². The van der Waals surface area contributed by atoms with Crippen molar-refractivity contribution in [2.24, 2.45) is 0 Å². The third-order valence-corrected chi connectivity index (χ3v) is 4.23. The fraction of sp³-hybridized carbons (Fsp3) is 0.190. The second-order valence-corrected chi connectivity index (χ2v) is 6.19. The van der Waals surface area contributed by atoms with Gasteiger partial charge in [-0.15, -0.1) is 0 Å². The molecule has 0 spiro atoms. The van der Waals surface area contributed by atoms with E-state index in [1.165, 1.54) is 0 Å². The average molecular weight is 347 g/mol. The van der Waals surface area contributed by atoms with Gasteiger partial charge in [0.1, 0.15) is 0 Å². The summed E-state index contributed by atoms with van der Waals surface area (Å²) in [6.07, 6.45) is 4.77. The number of benzene rings is 2. The molecule has 2 atom stereocenters. The van der Waals surface area contributed by atoms with Crippen LogP contribution in [0.2, 0.25) is 0 Å². The zero-order valence-electron chi connectivity index (χ0n) is 14.5. The highest BCUT2D eigenvalue weighted by atomic mass is 16.3. The smallest absolute Gasteiger partial charge is 0.251 e. The Kier molecular flexibility index (Phi) is 5.71. The standard InChI is InChI=1S/C21H21N3O2/c1-15(20(25)13-16-5-3-2-4-6-16)24-21(26)18-9-7-17(8-10-18)19-14-22-11-12-23-19/h2-12,14-15,20,25H,13H2,1H3,(H,24,26)/t15-,20+/m0/s1. The Balaban J connectivity index is 1.60. The Bertz CT molecular complexity index is 836. The van der Waals surface area contributed by atoms with E-state index in [1.807, 2.05) is 42.5 Å². The molecule has 1 heterocycles. The van der Waals surface area contributed by atoms with E-state index in [0.29, 0.717) is 12.0 Å². The molecule has 0 aliphatic rings. The summed E-state index contributed by atoms with van der Waals surface area (Å²) in [5.74, 6) is -0.213. The molecule has 1 amide bonds. The van der Waals surface area contributed by atoms with Gasteiger partial charge in [0, 0.05) is 29.9 Å². The van der Waals surface area contributed by atoms with Crippen LogP contribution in [0.15, 0.2) is 73.2 Å². The van der Waals surface area contributed by atoms with Gasteiger partial charge in [-0.1, -0.05) is 42.5 Å². The lowest BCUT2D eigenvalue weighted by atomic mass is 10.0. The average Bonchev–Trinajstić information content (AvgIpc) is 2.69. The molecule has 5 nitrogen and oxygen atoms in total. The molecule has 26 heavy (non-hydrogen) atoms. The molecule has 0 unspecified atom stereocenters. The molecule has 132 valence electrons. The molecule has 0 saturated heterocycles. The van der Waals surface area contributed by atoms with Crippen LogP contribution in [0, 0.1) is 0 Å². The topological polar surface area (TPSA) is 75.1 Å². The molecule has 3 aromatic rings. The minimum Gasteiger partial charge on any atom is -0.391 e. The number of hydrogen-bond donors (Lipinski definition) is 2. The van der Waals surface area contributed by atoms with Crippen LogP contribution in [-0.4, -0.2) is 33.1 Å². The van der Waals surface area contributed by atoms with Crippen molar-refractivity contribution >= 4 is 5.91 Å². The zero-order valence-corrected chi connectivity index (χ0v) is 14.5. The minimum atomic E-state index is -0.653. The van der Waals surface area contributed by atoms with Crippen molar-refractivity contribution in [3.05, 3.63) is 84.3 Å². The number of nitrogens with one attached hydrogen (secondary N) is 1. The number of carbonyl (C=O) groups is 1. The fourth-order valence-electron chi connectivity index (χ4n) is 2.66. The highest BCUT2D eigenvalue weighted by Gasteiger charge is 2.18. The quantitative estimate of drug-likeness (QED) is 0.719. The van der Waals surface area contributed by atoms with E-state index in [9.17, 15) is 9.90 Å². The van der Waals surface area contributed by atoms with Crippen LogP contribution in [-0.2, 0) is 6.42 Å². The van der Waals surface area contributed by atoms with Crippen molar-refractivity contribution in [2.75, 3.05) is 0 Å². The largest absolute Gasteiger partial charge is 0.391 e. The van der Waals surface area contributed by atoms with E-state index in [4.69, 9.17) is 0 Å². The van der Waals surface area contributed by atoms with Crippen LogP contribution in [0.5, 0.6) is 0 Å². The first-order valence-electron chi connectivity index (χ1n) is 8.53. The molecule has 2 aromatic carbocycles. The molecule has 0 bridgehead atoms. The van der Waals surface area contributed by atoms with Crippen LogP contribution < -0.4 is 5.32 Å². The van der Waals surface area contributed by atoms with Crippen molar-refractivity contribution in [3.8, 4) is 11.3 Å². The molecule has 0 radical (unpaired) electrons. The fourth-order valence-corrected chi connectivity index (χ4v) is 2.66. The maximum atomic E-state index is 12.4. The molecule has 5 heteroatoms. The number of nitrogens with zero attached hydrogens (tertiary/aromatic N) is 2. The second-order valence-electron chi connectivity index (χ2n) is 6.19. The van der Waals surface area contributed by atoms with Crippen molar-refractivity contribution in [1.82, 2.24) is 15.3 Å². The summed E-state index contributed by atoms with van der Waals surface area (Å²) in [5, 5.41) is 13.2. The van der Waals surface area contributed by atoms with E-state index in [-0.39, 0.29) is 11.9 Å². The van der Waals surface area contributed by atoms with Crippen LogP contribution in [0.25, 0.3) is 11.3 Å².